The maximum atomic E-state index is 12.9. The Morgan fingerprint density at radius 1 is 1.22 bits per heavy atom. The quantitative estimate of drug-likeness (QED) is 0.614. The van der Waals surface area contributed by atoms with Crippen molar-refractivity contribution < 1.29 is 13.9 Å². The zero-order valence-electron chi connectivity index (χ0n) is 12.5. The van der Waals surface area contributed by atoms with Gasteiger partial charge in [-0.15, -0.1) is 0 Å². The first-order chi connectivity index (χ1) is 11.1. The Kier molecular flexibility index (Phi) is 5.42. The van der Waals surface area contributed by atoms with E-state index in [4.69, 9.17) is 17.0 Å². The van der Waals surface area contributed by atoms with Crippen LogP contribution in [0.4, 0.5) is 4.39 Å². The monoisotopic (exact) mass is 352 g/mol. The van der Waals surface area contributed by atoms with Gasteiger partial charge >= 0.3 is 0 Å². The predicted molar refractivity (Wildman–Crippen MR) is 93.5 cm³/mol. The van der Waals surface area contributed by atoms with E-state index in [-0.39, 0.29) is 11.7 Å². The summed E-state index contributed by atoms with van der Waals surface area (Å²) in [4.78, 5) is 17.0. The number of halogens is 1. The van der Waals surface area contributed by atoms with E-state index >= 15 is 0 Å². The van der Waals surface area contributed by atoms with Crippen LogP contribution in [0.2, 0.25) is 0 Å². The van der Waals surface area contributed by atoms with Gasteiger partial charge in [-0.1, -0.05) is 36.1 Å². The lowest BCUT2D eigenvalue weighted by Gasteiger charge is -2.28. The molecule has 3 rings (SSSR count). The van der Waals surface area contributed by atoms with Gasteiger partial charge in [0.05, 0.1) is 18.1 Å². The molecule has 1 aromatic rings. The molecule has 0 bridgehead atoms. The fourth-order valence-corrected chi connectivity index (χ4v) is 3.78. The molecule has 0 aliphatic carbocycles. The molecule has 0 N–H and O–H groups in total. The number of carbonyl (C=O) groups is 1. The van der Waals surface area contributed by atoms with Crippen molar-refractivity contribution in [3.8, 4) is 0 Å². The molecule has 2 aliphatic rings. The minimum atomic E-state index is -0.291. The summed E-state index contributed by atoms with van der Waals surface area (Å²) in [5.41, 5.74) is 0.792. The van der Waals surface area contributed by atoms with E-state index in [9.17, 15) is 9.18 Å². The van der Waals surface area contributed by atoms with Crippen LogP contribution in [0.5, 0.6) is 0 Å². The Labute approximate surface area is 144 Å². The topological polar surface area (TPSA) is 32.8 Å². The first kappa shape index (κ1) is 16.6. The Hall–Kier alpha value is -1.28. The molecule has 0 spiro atoms. The standard InChI is InChI=1S/C16H17FN2O2S2/c17-13-3-1-12(2-4-13)11-14-15(20)19(16(22)23-14)6-5-18-7-9-21-10-8-18/h1-4,11H,5-10H2/b14-11+. The third-order valence-electron chi connectivity index (χ3n) is 3.78. The lowest BCUT2D eigenvalue weighted by molar-refractivity contribution is -0.122. The first-order valence-corrected chi connectivity index (χ1v) is 8.67. The molecule has 23 heavy (non-hydrogen) atoms. The minimum absolute atomic E-state index is 0.0717. The minimum Gasteiger partial charge on any atom is -0.379 e. The van der Waals surface area contributed by atoms with Crippen LogP contribution in [0.1, 0.15) is 5.56 Å². The smallest absolute Gasteiger partial charge is 0.266 e. The van der Waals surface area contributed by atoms with Crippen LogP contribution in [-0.2, 0) is 9.53 Å². The van der Waals surface area contributed by atoms with E-state index in [2.05, 4.69) is 4.90 Å². The van der Waals surface area contributed by atoms with Crippen molar-refractivity contribution in [2.24, 2.45) is 0 Å². The van der Waals surface area contributed by atoms with Crippen molar-refractivity contribution in [3.05, 3.63) is 40.6 Å². The number of amides is 1. The fraction of sp³-hybridized carbons (Fsp3) is 0.375. The van der Waals surface area contributed by atoms with Crippen LogP contribution >= 0.6 is 24.0 Å². The normalized spacial score (nSPS) is 21.4. The second-order valence-electron chi connectivity index (χ2n) is 5.34. The number of hydrogen-bond donors (Lipinski definition) is 0. The fourth-order valence-electron chi connectivity index (χ4n) is 2.47. The van der Waals surface area contributed by atoms with Gasteiger partial charge in [-0.05, 0) is 23.8 Å². The number of carbonyl (C=O) groups excluding carboxylic acids is 1. The molecule has 2 heterocycles. The van der Waals surface area contributed by atoms with E-state index in [0.29, 0.717) is 15.8 Å². The number of nitrogens with zero attached hydrogens (tertiary/aromatic N) is 2. The molecule has 0 radical (unpaired) electrons. The summed E-state index contributed by atoms with van der Waals surface area (Å²) in [5.74, 6) is -0.363. The molecule has 2 saturated heterocycles. The molecule has 2 fully saturated rings. The maximum Gasteiger partial charge on any atom is 0.266 e. The number of thioether (sulfide) groups is 1. The number of morpholine rings is 1. The van der Waals surface area contributed by atoms with Gasteiger partial charge in [0.2, 0.25) is 0 Å². The van der Waals surface area contributed by atoms with Crippen LogP contribution in [0, 0.1) is 5.82 Å². The summed E-state index contributed by atoms with van der Waals surface area (Å²) in [5, 5.41) is 0. The van der Waals surface area contributed by atoms with Crippen molar-refractivity contribution >= 4 is 40.3 Å². The van der Waals surface area contributed by atoms with Crippen molar-refractivity contribution in [2.75, 3.05) is 39.4 Å². The Morgan fingerprint density at radius 3 is 2.61 bits per heavy atom. The average molecular weight is 352 g/mol. The van der Waals surface area contributed by atoms with Gasteiger partial charge in [0, 0.05) is 26.2 Å². The number of ether oxygens (including phenoxy) is 1. The highest BCUT2D eigenvalue weighted by molar-refractivity contribution is 8.26. The average Bonchev–Trinajstić information content (AvgIpc) is 2.82. The van der Waals surface area contributed by atoms with Gasteiger partial charge in [0.25, 0.3) is 5.91 Å². The predicted octanol–water partition coefficient (Wildman–Crippen LogP) is 2.36. The molecule has 7 heteroatoms. The molecule has 0 saturated carbocycles. The summed E-state index contributed by atoms with van der Waals surface area (Å²) in [7, 11) is 0. The lowest BCUT2D eigenvalue weighted by Crippen LogP contribution is -2.42. The summed E-state index contributed by atoms with van der Waals surface area (Å²) in [6, 6.07) is 6.06. The molecule has 2 aliphatic heterocycles. The maximum absolute atomic E-state index is 12.9. The molecule has 0 atom stereocenters. The van der Waals surface area contributed by atoms with Crippen molar-refractivity contribution in [1.29, 1.82) is 0 Å². The van der Waals surface area contributed by atoms with Gasteiger partial charge in [0.1, 0.15) is 10.1 Å². The van der Waals surface area contributed by atoms with E-state index in [1.54, 1.807) is 23.1 Å². The highest BCUT2D eigenvalue weighted by atomic mass is 32.2. The zero-order chi connectivity index (χ0) is 16.2. The highest BCUT2D eigenvalue weighted by Crippen LogP contribution is 2.32. The lowest BCUT2D eigenvalue weighted by atomic mass is 10.2. The second kappa shape index (κ2) is 7.53. The molecule has 0 unspecified atom stereocenters. The van der Waals surface area contributed by atoms with Gasteiger partial charge in [-0.3, -0.25) is 14.6 Å². The molecular formula is C16H17FN2O2S2. The van der Waals surface area contributed by atoms with Gasteiger partial charge in [-0.25, -0.2) is 4.39 Å². The van der Waals surface area contributed by atoms with Gasteiger partial charge in [0.15, 0.2) is 0 Å². The first-order valence-electron chi connectivity index (χ1n) is 7.44. The van der Waals surface area contributed by atoms with Crippen LogP contribution in [0.25, 0.3) is 6.08 Å². The second-order valence-corrected chi connectivity index (χ2v) is 7.01. The van der Waals surface area contributed by atoms with E-state index in [0.717, 1.165) is 38.4 Å². The van der Waals surface area contributed by atoms with E-state index < -0.39 is 0 Å². The van der Waals surface area contributed by atoms with E-state index in [1.165, 1.54) is 23.9 Å². The Bertz CT molecular complexity index is 627. The largest absolute Gasteiger partial charge is 0.379 e. The summed E-state index contributed by atoms with van der Waals surface area (Å²) >= 11 is 6.62. The number of benzene rings is 1. The number of rotatable bonds is 4. The Morgan fingerprint density at radius 2 is 1.91 bits per heavy atom. The third kappa shape index (κ3) is 4.17. The van der Waals surface area contributed by atoms with Crippen LogP contribution in [0.3, 0.4) is 0 Å². The zero-order valence-corrected chi connectivity index (χ0v) is 14.2. The van der Waals surface area contributed by atoms with Gasteiger partial charge in [-0.2, -0.15) is 0 Å². The molecule has 122 valence electrons. The van der Waals surface area contributed by atoms with Crippen LogP contribution < -0.4 is 0 Å². The summed E-state index contributed by atoms with van der Waals surface area (Å²) in [6.45, 7) is 4.64. The van der Waals surface area contributed by atoms with Crippen molar-refractivity contribution in [3.63, 3.8) is 0 Å². The molecule has 4 nitrogen and oxygen atoms in total. The van der Waals surface area contributed by atoms with Crippen LogP contribution in [0.15, 0.2) is 29.2 Å². The van der Waals surface area contributed by atoms with E-state index in [1.807, 2.05) is 0 Å². The molecule has 1 aromatic carbocycles. The Balaban J connectivity index is 1.63. The molecule has 0 aromatic heterocycles. The van der Waals surface area contributed by atoms with Crippen molar-refractivity contribution in [2.45, 2.75) is 0 Å². The SMILES string of the molecule is O=C1/C(=C\c2ccc(F)cc2)SC(=S)N1CCN1CCOCC1. The molecule has 1 amide bonds. The summed E-state index contributed by atoms with van der Waals surface area (Å²) in [6.07, 6.45) is 1.76. The number of hydrogen-bond acceptors (Lipinski definition) is 5. The third-order valence-corrected chi connectivity index (χ3v) is 5.16. The van der Waals surface area contributed by atoms with Crippen LogP contribution in [-0.4, -0.2) is 59.4 Å². The summed E-state index contributed by atoms with van der Waals surface area (Å²) < 4.78 is 18.8. The van der Waals surface area contributed by atoms with Crippen molar-refractivity contribution in [1.82, 2.24) is 9.80 Å². The highest BCUT2D eigenvalue weighted by Gasteiger charge is 2.32. The number of thiocarbonyl (C=S) groups is 1. The molecular weight excluding hydrogens is 335 g/mol. The van der Waals surface area contributed by atoms with Gasteiger partial charge < -0.3 is 4.74 Å².